The van der Waals surface area contributed by atoms with Crippen LogP contribution in [0.25, 0.3) is 0 Å². The molecule has 0 bridgehead atoms. The first-order valence-corrected chi connectivity index (χ1v) is 4.29. The van der Waals surface area contributed by atoms with Crippen LogP contribution in [0.3, 0.4) is 0 Å². The monoisotopic (exact) mass is 144 g/mol. The van der Waals surface area contributed by atoms with Crippen LogP contribution >= 0.6 is 0 Å². The van der Waals surface area contributed by atoms with Crippen molar-refractivity contribution in [3.05, 3.63) is 0 Å². The van der Waals surface area contributed by atoms with Crippen molar-refractivity contribution >= 4 is 0 Å². The van der Waals surface area contributed by atoms with Gasteiger partial charge in [0.2, 0.25) is 0 Å². The fourth-order valence-corrected chi connectivity index (χ4v) is 1.18. The van der Waals surface area contributed by atoms with Crippen molar-refractivity contribution in [2.24, 2.45) is 5.92 Å². The third-order valence-electron chi connectivity index (χ3n) is 1.66. The van der Waals surface area contributed by atoms with Gasteiger partial charge in [0, 0.05) is 0 Å². The van der Waals surface area contributed by atoms with E-state index in [1.54, 1.807) is 0 Å². The summed E-state index contributed by atoms with van der Waals surface area (Å²) in [6.07, 6.45) is 1.35. The van der Waals surface area contributed by atoms with E-state index in [0.29, 0.717) is 0 Å². The molecule has 1 unspecified atom stereocenters. The Bertz CT molecular complexity index is 58.3. The molecule has 62 valence electrons. The smallest absolute Gasteiger partial charge is 0.000790 e. The Kier molecular flexibility index (Phi) is 6.98. The van der Waals surface area contributed by atoms with Gasteiger partial charge in [-0.25, -0.2) is 0 Å². The van der Waals surface area contributed by atoms with Gasteiger partial charge in [-0.05, 0) is 39.0 Å². The fraction of sp³-hybridized carbons (Fsp3) is 1.00. The zero-order chi connectivity index (χ0) is 7.82. The van der Waals surface area contributed by atoms with Gasteiger partial charge in [-0.15, -0.1) is 0 Å². The van der Waals surface area contributed by atoms with Gasteiger partial charge in [0.25, 0.3) is 0 Å². The molecule has 1 aliphatic heterocycles. The van der Waals surface area contributed by atoms with Crippen LogP contribution in [0.4, 0.5) is 0 Å². The van der Waals surface area contributed by atoms with Crippen molar-refractivity contribution in [1.82, 2.24) is 10.6 Å². The van der Waals surface area contributed by atoms with Crippen LogP contribution in [-0.2, 0) is 0 Å². The average Bonchev–Trinajstić information content (AvgIpc) is 2.46. The molecule has 0 amide bonds. The minimum Gasteiger partial charge on any atom is -0.319 e. The summed E-state index contributed by atoms with van der Waals surface area (Å²) in [5.41, 5.74) is 0. The van der Waals surface area contributed by atoms with E-state index in [9.17, 15) is 0 Å². The molecule has 2 heteroatoms. The van der Waals surface area contributed by atoms with E-state index in [1.165, 1.54) is 26.1 Å². The lowest BCUT2D eigenvalue weighted by molar-refractivity contribution is 0.544. The third kappa shape index (κ3) is 3.85. The van der Waals surface area contributed by atoms with E-state index in [-0.39, 0.29) is 0 Å². The molecule has 1 aliphatic rings. The lowest BCUT2D eigenvalue weighted by Gasteiger charge is -2.04. The van der Waals surface area contributed by atoms with Crippen molar-refractivity contribution in [2.45, 2.75) is 20.3 Å². The minimum atomic E-state index is 0.889. The number of rotatable bonds is 2. The second-order valence-electron chi connectivity index (χ2n) is 2.42. The molecule has 1 fully saturated rings. The SMILES string of the molecule is CC.CNCC1CCNC1. The summed E-state index contributed by atoms with van der Waals surface area (Å²) in [7, 11) is 2.01. The highest BCUT2D eigenvalue weighted by Crippen LogP contribution is 2.04. The van der Waals surface area contributed by atoms with Gasteiger partial charge in [-0.1, -0.05) is 13.8 Å². The maximum Gasteiger partial charge on any atom is -0.000790 e. The molecule has 2 nitrogen and oxygen atoms in total. The molecule has 0 aliphatic carbocycles. The highest BCUT2D eigenvalue weighted by molar-refractivity contribution is 4.71. The lowest BCUT2D eigenvalue weighted by atomic mass is 10.1. The molecule has 2 N–H and O–H groups in total. The molecule has 0 saturated carbocycles. The van der Waals surface area contributed by atoms with Crippen LogP contribution in [0.1, 0.15) is 20.3 Å². The molecule has 0 aromatic heterocycles. The summed E-state index contributed by atoms with van der Waals surface area (Å²) in [5.74, 6) is 0.889. The van der Waals surface area contributed by atoms with Gasteiger partial charge < -0.3 is 10.6 Å². The summed E-state index contributed by atoms with van der Waals surface area (Å²) >= 11 is 0. The zero-order valence-corrected chi connectivity index (χ0v) is 7.41. The second kappa shape index (κ2) is 7.03. The first-order valence-electron chi connectivity index (χ1n) is 4.29. The van der Waals surface area contributed by atoms with Crippen molar-refractivity contribution in [3.8, 4) is 0 Å². The maximum absolute atomic E-state index is 3.32. The van der Waals surface area contributed by atoms with Gasteiger partial charge in [-0.2, -0.15) is 0 Å². The fourth-order valence-electron chi connectivity index (χ4n) is 1.18. The molecule has 0 aromatic rings. The molecule has 0 spiro atoms. The quantitative estimate of drug-likeness (QED) is 0.600. The topological polar surface area (TPSA) is 24.1 Å². The third-order valence-corrected chi connectivity index (χ3v) is 1.66. The Morgan fingerprint density at radius 3 is 2.60 bits per heavy atom. The Morgan fingerprint density at radius 1 is 1.50 bits per heavy atom. The largest absolute Gasteiger partial charge is 0.319 e. The van der Waals surface area contributed by atoms with E-state index >= 15 is 0 Å². The van der Waals surface area contributed by atoms with Crippen molar-refractivity contribution in [1.29, 1.82) is 0 Å². The lowest BCUT2D eigenvalue weighted by Crippen LogP contribution is -2.20. The maximum atomic E-state index is 3.32. The molecule has 10 heavy (non-hydrogen) atoms. The van der Waals surface area contributed by atoms with Crippen LogP contribution in [0.5, 0.6) is 0 Å². The van der Waals surface area contributed by atoms with Crippen LogP contribution in [0, 0.1) is 5.92 Å². The Hall–Kier alpha value is -0.0800. The summed E-state index contributed by atoms with van der Waals surface area (Å²) < 4.78 is 0. The van der Waals surface area contributed by atoms with Crippen LogP contribution in [-0.4, -0.2) is 26.7 Å². The predicted molar refractivity (Wildman–Crippen MR) is 46.3 cm³/mol. The zero-order valence-electron chi connectivity index (χ0n) is 7.41. The van der Waals surface area contributed by atoms with Gasteiger partial charge in [-0.3, -0.25) is 0 Å². The minimum absolute atomic E-state index is 0.889. The second-order valence-corrected chi connectivity index (χ2v) is 2.42. The molecule has 0 radical (unpaired) electrons. The molecular weight excluding hydrogens is 124 g/mol. The highest BCUT2D eigenvalue weighted by atomic mass is 14.9. The Morgan fingerprint density at radius 2 is 2.20 bits per heavy atom. The van der Waals surface area contributed by atoms with Crippen molar-refractivity contribution in [2.75, 3.05) is 26.7 Å². The van der Waals surface area contributed by atoms with Crippen LogP contribution in [0.15, 0.2) is 0 Å². The first-order chi connectivity index (χ1) is 4.93. The average molecular weight is 144 g/mol. The van der Waals surface area contributed by atoms with Crippen molar-refractivity contribution in [3.63, 3.8) is 0 Å². The molecule has 1 atom stereocenters. The molecule has 1 heterocycles. The summed E-state index contributed by atoms with van der Waals surface area (Å²) in [6, 6.07) is 0. The van der Waals surface area contributed by atoms with Crippen LogP contribution in [0.2, 0.25) is 0 Å². The van der Waals surface area contributed by atoms with E-state index in [2.05, 4.69) is 10.6 Å². The standard InChI is InChI=1S/C6H14N2.C2H6/c1-7-4-6-2-3-8-5-6;1-2/h6-8H,2-5H2,1H3;1-2H3. The normalized spacial score (nSPS) is 23.7. The van der Waals surface area contributed by atoms with Gasteiger partial charge in [0.05, 0.1) is 0 Å². The number of nitrogens with one attached hydrogen (secondary N) is 2. The number of hydrogen-bond donors (Lipinski definition) is 2. The molecule has 1 saturated heterocycles. The number of hydrogen-bond acceptors (Lipinski definition) is 2. The van der Waals surface area contributed by atoms with E-state index in [0.717, 1.165) is 5.92 Å². The highest BCUT2D eigenvalue weighted by Gasteiger charge is 2.11. The molecule has 0 aromatic carbocycles. The van der Waals surface area contributed by atoms with Gasteiger partial charge in [0.15, 0.2) is 0 Å². The Labute approximate surface area is 64.4 Å². The van der Waals surface area contributed by atoms with E-state index < -0.39 is 0 Å². The van der Waals surface area contributed by atoms with Crippen molar-refractivity contribution < 1.29 is 0 Å². The van der Waals surface area contributed by atoms with E-state index in [1.807, 2.05) is 20.9 Å². The predicted octanol–water partition coefficient (Wildman–Crippen LogP) is 0.842. The van der Waals surface area contributed by atoms with Crippen LogP contribution < -0.4 is 10.6 Å². The summed E-state index contributed by atoms with van der Waals surface area (Å²) in [4.78, 5) is 0. The first kappa shape index (κ1) is 9.92. The summed E-state index contributed by atoms with van der Waals surface area (Å²) in [5, 5.41) is 6.49. The summed E-state index contributed by atoms with van der Waals surface area (Å²) in [6.45, 7) is 7.60. The van der Waals surface area contributed by atoms with E-state index in [4.69, 9.17) is 0 Å². The Balaban J connectivity index is 0.000000371. The van der Waals surface area contributed by atoms with Gasteiger partial charge in [0.1, 0.15) is 0 Å². The molecule has 1 rings (SSSR count). The molecular formula is C8H20N2. The van der Waals surface area contributed by atoms with Gasteiger partial charge >= 0.3 is 0 Å².